The average molecular weight is 434 g/mol. The summed E-state index contributed by atoms with van der Waals surface area (Å²) in [5.74, 6) is 1.26. The van der Waals surface area contributed by atoms with Crippen molar-refractivity contribution < 1.29 is 4.79 Å². The maximum absolute atomic E-state index is 13.5. The molecule has 3 aromatic rings. The van der Waals surface area contributed by atoms with Gasteiger partial charge in [0.2, 0.25) is 5.91 Å². The Morgan fingerprint density at radius 2 is 1.44 bits per heavy atom. The first-order chi connectivity index (χ1) is 15.2. The summed E-state index contributed by atoms with van der Waals surface area (Å²) < 4.78 is 0. The zero-order valence-corrected chi connectivity index (χ0v) is 21.4. The van der Waals surface area contributed by atoms with E-state index in [1.54, 1.807) is 11.9 Å². The lowest BCUT2D eigenvalue weighted by Crippen LogP contribution is -2.42. The lowest BCUT2D eigenvalue weighted by Gasteiger charge is -2.30. The number of benzene rings is 2. The van der Waals surface area contributed by atoms with Crippen molar-refractivity contribution in [2.24, 2.45) is 0 Å². The zero-order chi connectivity index (χ0) is 24.5. The van der Waals surface area contributed by atoms with E-state index in [-0.39, 0.29) is 5.91 Å². The minimum Gasteiger partial charge on any atom is -0.299 e. The quantitative estimate of drug-likeness (QED) is 0.442. The first-order valence-electron chi connectivity index (χ1n) is 11.5. The standard InChI is InChI=1S/C24H27N3O.2C2H6/c1-16-11-10-14-20(17(16)2)21-15-25-18(3)26-22(21)27(6)23(28)24(4,5)19-12-8-7-9-13-19;2*1-2/h7-15H,1-6H3;2*1-2H3. The minimum absolute atomic E-state index is 0.0108. The third-order valence-corrected chi connectivity index (χ3v) is 5.44. The molecule has 0 saturated heterocycles. The van der Waals surface area contributed by atoms with E-state index in [1.807, 2.05) is 91.1 Å². The van der Waals surface area contributed by atoms with Gasteiger partial charge in [0.15, 0.2) is 0 Å². The summed E-state index contributed by atoms with van der Waals surface area (Å²) in [5.41, 5.74) is 4.58. The van der Waals surface area contributed by atoms with Gasteiger partial charge in [-0.1, -0.05) is 76.2 Å². The Hall–Kier alpha value is -3.01. The molecule has 0 radical (unpaired) electrons. The van der Waals surface area contributed by atoms with Crippen molar-refractivity contribution in [3.05, 3.63) is 77.2 Å². The molecule has 1 amide bonds. The van der Waals surface area contributed by atoms with Gasteiger partial charge in [0.25, 0.3) is 0 Å². The van der Waals surface area contributed by atoms with Crippen LogP contribution in [0.1, 0.15) is 64.1 Å². The van der Waals surface area contributed by atoms with Gasteiger partial charge in [-0.05, 0) is 56.9 Å². The monoisotopic (exact) mass is 433 g/mol. The molecule has 0 saturated carbocycles. The van der Waals surface area contributed by atoms with Gasteiger partial charge in [-0.25, -0.2) is 9.97 Å². The highest BCUT2D eigenvalue weighted by atomic mass is 16.2. The summed E-state index contributed by atoms with van der Waals surface area (Å²) in [6.45, 7) is 17.9. The Kier molecular flexibility index (Phi) is 10.2. The van der Waals surface area contributed by atoms with E-state index in [2.05, 4.69) is 35.9 Å². The molecule has 0 N–H and O–H groups in total. The molecule has 0 fully saturated rings. The number of carbonyl (C=O) groups excluding carboxylic acids is 1. The molecular formula is C28H39N3O. The summed E-state index contributed by atoms with van der Waals surface area (Å²) in [5, 5.41) is 0. The largest absolute Gasteiger partial charge is 0.299 e. The third-order valence-electron chi connectivity index (χ3n) is 5.44. The van der Waals surface area contributed by atoms with E-state index >= 15 is 0 Å². The maximum Gasteiger partial charge on any atom is 0.237 e. The number of anilines is 1. The Morgan fingerprint density at radius 1 is 0.844 bits per heavy atom. The summed E-state index contributed by atoms with van der Waals surface area (Å²) in [6.07, 6.45) is 1.82. The first kappa shape index (κ1) is 27.0. The lowest BCUT2D eigenvalue weighted by atomic mass is 9.83. The van der Waals surface area contributed by atoms with Gasteiger partial charge in [0, 0.05) is 18.8 Å². The van der Waals surface area contributed by atoms with Crippen molar-refractivity contribution in [1.82, 2.24) is 9.97 Å². The van der Waals surface area contributed by atoms with Crippen LogP contribution >= 0.6 is 0 Å². The van der Waals surface area contributed by atoms with E-state index in [0.29, 0.717) is 11.6 Å². The molecular weight excluding hydrogens is 394 g/mol. The Bertz CT molecular complexity index is 1010. The minimum atomic E-state index is -0.673. The van der Waals surface area contributed by atoms with Gasteiger partial charge in [0.05, 0.1) is 5.41 Å². The Labute approximate surface area is 194 Å². The smallest absolute Gasteiger partial charge is 0.237 e. The Balaban J connectivity index is 0.00000121. The van der Waals surface area contributed by atoms with Crippen LogP contribution in [0, 0.1) is 20.8 Å². The van der Waals surface area contributed by atoms with Gasteiger partial charge in [-0.2, -0.15) is 0 Å². The predicted molar refractivity (Wildman–Crippen MR) is 137 cm³/mol. The molecule has 0 aliphatic carbocycles. The van der Waals surface area contributed by atoms with E-state index < -0.39 is 5.41 Å². The highest BCUT2D eigenvalue weighted by molar-refractivity contribution is 6.02. The van der Waals surface area contributed by atoms with Crippen LogP contribution in [0.15, 0.2) is 54.7 Å². The van der Waals surface area contributed by atoms with Gasteiger partial charge in [-0.15, -0.1) is 0 Å². The summed E-state index contributed by atoms with van der Waals surface area (Å²) in [7, 11) is 1.80. The second-order valence-corrected chi connectivity index (χ2v) is 7.76. The fraction of sp³-hybridized carbons (Fsp3) is 0.393. The number of carbonyl (C=O) groups is 1. The van der Waals surface area contributed by atoms with Crippen molar-refractivity contribution in [3.63, 3.8) is 0 Å². The third kappa shape index (κ3) is 5.82. The van der Waals surface area contributed by atoms with Crippen molar-refractivity contribution in [2.45, 2.75) is 67.7 Å². The van der Waals surface area contributed by atoms with Crippen molar-refractivity contribution in [2.75, 3.05) is 11.9 Å². The van der Waals surface area contributed by atoms with Crippen LogP contribution in [0.5, 0.6) is 0 Å². The summed E-state index contributed by atoms with van der Waals surface area (Å²) >= 11 is 0. The molecule has 0 unspecified atom stereocenters. The number of hydrogen-bond acceptors (Lipinski definition) is 3. The van der Waals surface area contributed by atoms with Gasteiger partial charge >= 0.3 is 0 Å². The molecule has 0 spiro atoms. The highest BCUT2D eigenvalue weighted by Gasteiger charge is 2.34. The second-order valence-electron chi connectivity index (χ2n) is 7.76. The molecule has 1 heterocycles. The normalized spacial score (nSPS) is 10.3. The van der Waals surface area contributed by atoms with Crippen LogP contribution < -0.4 is 4.90 Å². The van der Waals surface area contributed by atoms with Crippen molar-refractivity contribution >= 4 is 11.7 Å². The van der Waals surface area contributed by atoms with Crippen LogP contribution in [0.3, 0.4) is 0 Å². The summed E-state index contributed by atoms with van der Waals surface area (Å²) in [4.78, 5) is 24.2. The molecule has 0 bridgehead atoms. The molecule has 0 aliphatic heterocycles. The lowest BCUT2D eigenvalue weighted by molar-refractivity contribution is -0.122. The van der Waals surface area contributed by atoms with E-state index in [0.717, 1.165) is 16.7 Å². The number of hydrogen-bond donors (Lipinski definition) is 0. The number of likely N-dealkylation sites (N-methyl/N-ethyl adjacent to an activating group) is 1. The highest BCUT2D eigenvalue weighted by Crippen LogP contribution is 2.34. The first-order valence-corrected chi connectivity index (χ1v) is 11.5. The summed E-state index contributed by atoms with van der Waals surface area (Å²) in [6, 6.07) is 16.0. The van der Waals surface area contributed by atoms with Crippen LogP contribution in [0.4, 0.5) is 5.82 Å². The fourth-order valence-electron chi connectivity index (χ4n) is 3.44. The number of aromatic nitrogens is 2. The molecule has 172 valence electrons. The van der Waals surface area contributed by atoms with Crippen LogP contribution in [-0.4, -0.2) is 22.9 Å². The second kappa shape index (κ2) is 12.1. The molecule has 4 nitrogen and oxygen atoms in total. The molecule has 0 aliphatic rings. The zero-order valence-electron chi connectivity index (χ0n) is 21.4. The average Bonchev–Trinajstić information content (AvgIpc) is 2.83. The van der Waals surface area contributed by atoms with Crippen LogP contribution in [0.25, 0.3) is 11.1 Å². The maximum atomic E-state index is 13.5. The van der Waals surface area contributed by atoms with Crippen molar-refractivity contribution in [3.8, 4) is 11.1 Å². The fourth-order valence-corrected chi connectivity index (χ4v) is 3.44. The van der Waals surface area contributed by atoms with E-state index in [4.69, 9.17) is 0 Å². The SMILES string of the molecule is CC.CC.Cc1ncc(-c2cccc(C)c2C)c(N(C)C(=O)C(C)(C)c2ccccc2)n1. The Morgan fingerprint density at radius 3 is 2.03 bits per heavy atom. The predicted octanol–water partition coefficient (Wildman–Crippen LogP) is 7.06. The van der Waals surface area contributed by atoms with Crippen LogP contribution in [-0.2, 0) is 10.2 Å². The number of amides is 1. The number of aryl methyl sites for hydroxylation is 2. The number of nitrogens with zero attached hydrogens (tertiary/aromatic N) is 3. The van der Waals surface area contributed by atoms with E-state index in [1.165, 1.54) is 11.1 Å². The molecule has 1 aromatic heterocycles. The molecule has 32 heavy (non-hydrogen) atoms. The molecule has 2 aromatic carbocycles. The van der Waals surface area contributed by atoms with E-state index in [9.17, 15) is 4.79 Å². The molecule has 3 rings (SSSR count). The number of rotatable bonds is 4. The van der Waals surface area contributed by atoms with Crippen LogP contribution in [0.2, 0.25) is 0 Å². The van der Waals surface area contributed by atoms with Crippen molar-refractivity contribution in [1.29, 1.82) is 0 Å². The topological polar surface area (TPSA) is 46.1 Å². The molecule has 0 atom stereocenters. The van der Waals surface area contributed by atoms with Gasteiger partial charge in [-0.3, -0.25) is 9.69 Å². The molecule has 4 heteroatoms. The van der Waals surface area contributed by atoms with Gasteiger partial charge in [0.1, 0.15) is 11.6 Å². The van der Waals surface area contributed by atoms with Gasteiger partial charge < -0.3 is 0 Å².